The summed E-state index contributed by atoms with van der Waals surface area (Å²) >= 11 is 1.75. The van der Waals surface area contributed by atoms with Gasteiger partial charge in [-0.15, -0.1) is 0 Å². The second-order valence-electron chi connectivity index (χ2n) is 8.40. The van der Waals surface area contributed by atoms with Crippen molar-refractivity contribution in [2.75, 3.05) is 18.4 Å². The Morgan fingerprint density at radius 3 is 2.50 bits per heavy atom. The van der Waals surface area contributed by atoms with E-state index in [-0.39, 0.29) is 0 Å². The number of hydrogen-bond acceptors (Lipinski definition) is 5. The molecule has 2 N–H and O–H groups in total. The zero-order valence-electron chi connectivity index (χ0n) is 20.4. The van der Waals surface area contributed by atoms with E-state index in [1.165, 1.54) is 28.9 Å². The monoisotopic (exact) mass is 477 g/mol. The molecule has 0 saturated carbocycles. The van der Waals surface area contributed by atoms with Gasteiger partial charge in [-0.25, -0.2) is 9.79 Å². The minimum Gasteiger partial charge on any atom is -0.478 e. The van der Waals surface area contributed by atoms with Crippen LogP contribution in [0.25, 0.3) is 0 Å². The molecule has 2 aromatic rings. The largest absolute Gasteiger partial charge is 0.478 e. The predicted molar refractivity (Wildman–Crippen MR) is 144 cm³/mol. The van der Waals surface area contributed by atoms with Crippen molar-refractivity contribution in [2.45, 2.75) is 51.5 Å². The fraction of sp³-hybridized carbons (Fsp3) is 0.357. The summed E-state index contributed by atoms with van der Waals surface area (Å²) in [5, 5.41) is 12.5. The number of likely N-dealkylation sites (tertiary alicyclic amines) is 1. The minimum absolute atomic E-state index is 0.354. The number of nitrogens with zero attached hydrogens (tertiary/aromatic N) is 2. The number of aliphatic imine (C=N–C) groups is 1. The number of benzene rings is 2. The van der Waals surface area contributed by atoms with Gasteiger partial charge in [0.15, 0.2) is 0 Å². The highest BCUT2D eigenvalue weighted by molar-refractivity contribution is 8.03. The summed E-state index contributed by atoms with van der Waals surface area (Å²) in [6.07, 6.45) is 6.76. The van der Waals surface area contributed by atoms with Crippen LogP contribution in [-0.4, -0.2) is 35.3 Å². The maximum Gasteiger partial charge on any atom is 0.335 e. The van der Waals surface area contributed by atoms with Crippen LogP contribution in [0.3, 0.4) is 0 Å². The van der Waals surface area contributed by atoms with Crippen molar-refractivity contribution in [3.05, 3.63) is 82.5 Å². The summed E-state index contributed by atoms with van der Waals surface area (Å²) in [5.74, 6) is 0.673. The lowest BCUT2D eigenvalue weighted by Crippen LogP contribution is -2.33. The lowest BCUT2D eigenvalue weighted by Gasteiger charge is -2.32. The van der Waals surface area contributed by atoms with Gasteiger partial charge in [0.1, 0.15) is 5.82 Å². The first-order valence-corrected chi connectivity index (χ1v) is 12.8. The fourth-order valence-electron chi connectivity index (χ4n) is 4.27. The molecule has 0 amide bonds. The highest BCUT2D eigenvalue weighted by Gasteiger charge is 2.21. The number of carboxylic acids is 1. The third-order valence-electron chi connectivity index (χ3n) is 6.04. The molecule has 34 heavy (non-hydrogen) atoms. The van der Waals surface area contributed by atoms with E-state index in [4.69, 9.17) is 5.11 Å². The molecule has 2 aliphatic heterocycles. The van der Waals surface area contributed by atoms with Crippen LogP contribution in [0.4, 0.5) is 5.69 Å². The maximum absolute atomic E-state index is 11.0. The van der Waals surface area contributed by atoms with Gasteiger partial charge in [0, 0.05) is 22.6 Å². The molecule has 0 radical (unpaired) electrons. The average Bonchev–Trinajstić information content (AvgIpc) is 2.86. The van der Waals surface area contributed by atoms with Gasteiger partial charge < -0.3 is 10.4 Å². The Hall–Kier alpha value is -2.83. The normalized spacial score (nSPS) is 16.4. The lowest BCUT2D eigenvalue weighted by atomic mass is 9.89. The van der Waals surface area contributed by atoms with Crippen molar-refractivity contribution in [3.63, 3.8) is 0 Å². The number of carboxylic acid groups (broad SMARTS) is 1. The third-order valence-corrected chi connectivity index (χ3v) is 7.12. The molecule has 5 nitrogen and oxygen atoms in total. The van der Waals surface area contributed by atoms with Crippen molar-refractivity contribution in [2.24, 2.45) is 10.9 Å². The number of allylic oxidation sites excluding steroid dienone is 2. The Morgan fingerprint density at radius 2 is 1.85 bits per heavy atom. The Morgan fingerprint density at radius 1 is 1.18 bits per heavy atom. The standard InChI is InChI=1S/C26H29N3O2S.C2H6/c1-3-12-27-25-18(2)32-24-9-6-21(16-23(24)28-25)17-29-13-10-20(11-14-29)15-19-4-7-22(8-5-19)26(30)31;1-2/h3-9,12,16,20,28H,1,10-11,13-15,17H2,2H3,(H,30,31);1-2H3/b27-12-;. The lowest BCUT2D eigenvalue weighted by molar-refractivity contribution is 0.0697. The highest BCUT2D eigenvalue weighted by Crippen LogP contribution is 2.40. The van der Waals surface area contributed by atoms with E-state index in [0.717, 1.165) is 42.5 Å². The number of rotatable bonds is 7. The number of anilines is 1. The molecule has 0 spiro atoms. The Labute approximate surface area is 207 Å². The first kappa shape index (κ1) is 25.8. The minimum atomic E-state index is -0.868. The van der Waals surface area contributed by atoms with Gasteiger partial charge in [-0.2, -0.15) is 0 Å². The van der Waals surface area contributed by atoms with Crippen LogP contribution in [0.15, 0.2) is 75.7 Å². The summed E-state index contributed by atoms with van der Waals surface area (Å²) in [6.45, 7) is 12.9. The summed E-state index contributed by atoms with van der Waals surface area (Å²) in [7, 11) is 0. The second-order valence-corrected chi connectivity index (χ2v) is 9.66. The zero-order valence-corrected chi connectivity index (χ0v) is 21.2. The van der Waals surface area contributed by atoms with E-state index in [1.54, 1.807) is 36.2 Å². The molecule has 4 rings (SSSR count). The van der Waals surface area contributed by atoms with E-state index in [1.807, 2.05) is 26.0 Å². The molecule has 6 heteroatoms. The van der Waals surface area contributed by atoms with Gasteiger partial charge in [0.25, 0.3) is 0 Å². The molecule has 0 atom stereocenters. The first-order valence-electron chi connectivity index (χ1n) is 12.0. The van der Waals surface area contributed by atoms with Crippen LogP contribution in [0.1, 0.15) is 55.1 Å². The van der Waals surface area contributed by atoms with Crippen molar-refractivity contribution in [1.82, 2.24) is 4.90 Å². The number of thioether (sulfide) groups is 1. The van der Waals surface area contributed by atoms with Gasteiger partial charge >= 0.3 is 5.97 Å². The van der Waals surface area contributed by atoms with E-state index in [9.17, 15) is 4.79 Å². The summed E-state index contributed by atoms with van der Waals surface area (Å²) in [5.41, 5.74) is 4.01. The van der Waals surface area contributed by atoms with Gasteiger partial charge in [0.2, 0.25) is 0 Å². The fourth-order valence-corrected chi connectivity index (χ4v) is 5.15. The molecule has 0 bridgehead atoms. The molecule has 0 aliphatic carbocycles. The molecule has 1 saturated heterocycles. The van der Waals surface area contributed by atoms with Crippen LogP contribution in [0.2, 0.25) is 0 Å². The molecule has 180 valence electrons. The molecule has 0 unspecified atom stereocenters. The Bertz CT molecular complexity index is 1050. The van der Waals surface area contributed by atoms with E-state index in [2.05, 4.69) is 46.9 Å². The van der Waals surface area contributed by atoms with Gasteiger partial charge in [-0.1, -0.05) is 56.5 Å². The molecule has 2 heterocycles. The molecule has 2 aliphatic rings. The summed E-state index contributed by atoms with van der Waals surface area (Å²) < 4.78 is 0. The van der Waals surface area contributed by atoms with E-state index >= 15 is 0 Å². The van der Waals surface area contributed by atoms with Crippen LogP contribution in [-0.2, 0) is 13.0 Å². The van der Waals surface area contributed by atoms with Crippen molar-refractivity contribution in [1.29, 1.82) is 0 Å². The molecule has 2 aromatic carbocycles. The van der Waals surface area contributed by atoms with Crippen LogP contribution in [0, 0.1) is 5.92 Å². The molecule has 0 aromatic heterocycles. The first-order chi connectivity index (χ1) is 16.5. The Balaban J connectivity index is 0.00000158. The van der Waals surface area contributed by atoms with Gasteiger partial charge in [-0.3, -0.25) is 4.90 Å². The van der Waals surface area contributed by atoms with Gasteiger partial charge in [-0.05, 0) is 80.6 Å². The summed E-state index contributed by atoms with van der Waals surface area (Å²) in [4.78, 5) is 20.4. The number of fused-ring (bicyclic) bond motifs is 1. The van der Waals surface area contributed by atoms with Gasteiger partial charge in [0.05, 0.1) is 11.3 Å². The van der Waals surface area contributed by atoms with Crippen LogP contribution in [0.5, 0.6) is 0 Å². The average molecular weight is 478 g/mol. The second kappa shape index (κ2) is 12.6. The molecule has 1 fully saturated rings. The highest BCUT2D eigenvalue weighted by atomic mass is 32.2. The third kappa shape index (κ3) is 6.84. The molecular weight excluding hydrogens is 442 g/mol. The number of piperidine rings is 1. The summed E-state index contributed by atoms with van der Waals surface area (Å²) in [6, 6.07) is 14.0. The van der Waals surface area contributed by atoms with Crippen LogP contribution >= 0.6 is 11.8 Å². The van der Waals surface area contributed by atoms with Crippen molar-refractivity contribution < 1.29 is 9.90 Å². The zero-order chi connectivity index (χ0) is 24.5. The Kier molecular flexibility index (Phi) is 9.54. The predicted octanol–water partition coefficient (Wildman–Crippen LogP) is 6.83. The van der Waals surface area contributed by atoms with E-state index in [0.29, 0.717) is 11.5 Å². The number of aromatic carboxylic acids is 1. The number of nitrogens with one attached hydrogen (secondary N) is 1. The number of carbonyl (C=O) groups is 1. The topological polar surface area (TPSA) is 64.9 Å². The quantitative estimate of drug-likeness (QED) is 0.428. The SMILES string of the molecule is C=C/C=N\C1=C(C)Sc2ccc(CN3CCC(Cc4ccc(C(=O)O)cc4)CC3)cc2N1.CC. The molecular formula is C28H35N3O2S. The van der Waals surface area contributed by atoms with Crippen molar-refractivity contribution >= 4 is 29.6 Å². The smallest absolute Gasteiger partial charge is 0.335 e. The van der Waals surface area contributed by atoms with Crippen molar-refractivity contribution in [3.8, 4) is 0 Å². The number of hydrogen-bond donors (Lipinski definition) is 2. The van der Waals surface area contributed by atoms with E-state index < -0.39 is 5.97 Å². The maximum atomic E-state index is 11.0. The van der Waals surface area contributed by atoms with Crippen LogP contribution < -0.4 is 5.32 Å².